The predicted molar refractivity (Wildman–Crippen MR) is 61.9 cm³/mol. The highest BCUT2D eigenvalue weighted by Gasteiger charge is 2.44. The predicted octanol–water partition coefficient (Wildman–Crippen LogP) is 1.39. The summed E-state index contributed by atoms with van der Waals surface area (Å²) in [7, 11) is 0. The largest absolute Gasteiger partial charge is 0.409 e. The summed E-state index contributed by atoms with van der Waals surface area (Å²) in [6, 6.07) is 0. The third kappa shape index (κ3) is 3.09. The first kappa shape index (κ1) is 12.3. The zero-order valence-electron chi connectivity index (χ0n) is 9.95. The van der Waals surface area contributed by atoms with E-state index in [9.17, 15) is 0 Å². The molecule has 0 aromatic heterocycles. The van der Waals surface area contributed by atoms with Gasteiger partial charge in [0.15, 0.2) is 0 Å². The summed E-state index contributed by atoms with van der Waals surface area (Å²) in [5, 5.41) is 14.9. The van der Waals surface area contributed by atoms with Gasteiger partial charge in [-0.05, 0) is 24.2 Å². The van der Waals surface area contributed by atoms with Crippen molar-refractivity contribution in [1.82, 2.24) is 5.32 Å². The molecule has 1 rings (SSSR count). The van der Waals surface area contributed by atoms with Crippen molar-refractivity contribution < 1.29 is 5.21 Å². The van der Waals surface area contributed by atoms with E-state index < -0.39 is 0 Å². The summed E-state index contributed by atoms with van der Waals surface area (Å²) in [5.74, 6) is 1.14. The second kappa shape index (κ2) is 4.84. The zero-order valence-corrected chi connectivity index (χ0v) is 9.95. The summed E-state index contributed by atoms with van der Waals surface area (Å²) in [5.41, 5.74) is 6.02. The van der Waals surface area contributed by atoms with Crippen LogP contribution >= 0.6 is 0 Å². The summed E-state index contributed by atoms with van der Waals surface area (Å²) in [6.45, 7) is 8.35. The van der Waals surface area contributed by atoms with E-state index in [1.807, 2.05) is 6.92 Å². The van der Waals surface area contributed by atoms with Crippen LogP contribution in [-0.4, -0.2) is 24.1 Å². The minimum Gasteiger partial charge on any atom is -0.409 e. The molecular weight excluding hydrogens is 190 g/mol. The van der Waals surface area contributed by atoms with Crippen LogP contribution in [0.15, 0.2) is 5.16 Å². The number of rotatable bonds is 6. The van der Waals surface area contributed by atoms with Crippen molar-refractivity contribution in [3.05, 3.63) is 0 Å². The topological polar surface area (TPSA) is 70.6 Å². The molecule has 1 atom stereocenters. The third-order valence-electron chi connectivity index (χ3n) is 3.66. The summed E-state index contributed by atoms with van der Waals surface area (Å²) < 4.78 is 0. The maximum Gasteiger partial charge on any atom is 0.143 e. The van der Waals surface area contributed by atoms with E-state index in [0.29, 0.717) is 11.3 Å². The molecule has 15 heavy (non-hydrogen) atoms. The average Bonchev–Trinajstić information content (AvgIpc) is 2.97. The van der Waals surface area contributed by atoms with Crippen LogP contribution in [0.2, 0.25) is 0 Å². The van der Waals surface area contributed by atoms with E-state index in [2.05, 4.69) is 24.3 Å². The first-order chi connectivity index (χ1) is 7.02. The fourth-order valence-electron chi connectivity index (χ4n) is 1.86. The second-order valence-electron chi connectivity index (χ2n) is 5.07. The van der Waals surface area contributed by atoms with Gasteiger partial charge in [-0.2, -0.15) is 0 Å². The fraction of sp³-hybridized carbons (Fsp3) is 0.909. The second-order valence-corrected chi connectivity index (χ2v) is 5.07. The monoisotopic (exact) mass is 213 g/mol. The van der Waals surface area contributed by atoms with Crippen molar-refractivity contribution in [1.29, 1.82) is 0 Å². The standard InChI is InChI=1S/C11H23N3O/c1-8(2)11(4-5-11)7-13-6-9(3)10(12)14-15/h8-9,13,15H,4-7H2,1-3H3,(H2,12,14). The molecule has 4 nitrogen and oxygen atoms in total. The molecule has 0 saturated heterocycles. The Morgan fingerprint density at radius 3 is 2.47 bits per heavy atom. The van der Waals surface area contributed by atoms with Gasteiger partial charge >= 0.3 is 0 Å². The quantitative estimate of drug-likeness (QED) is 0.270. The first-order valence-corrected chi connectivity index (χ1v) is 5.70. The molecule has 1 fully saturated rings. The van der Waals surface area contributed by atoms with Crippen LogP contribution in [-0.2, 0) is 0 Å². The van der Waals surface area contributed by atoms with Crippen LogP contribution in [0.3, 0.4) is 0 Å². The average molecular weight is 213 g/mol. The van der Waals surface area contributed by atoms with Crippen LogP contribution in [0.1, 0.15) is 33.6 Å². The normalized spacial score (nSPS) is 21.7. The molecule has 0 spiro atoms. The maximum absolute atomic E-state index is 8.50. The number of nitrogens with two attached hydrogens (primary N) is 1. The summed E-state index contributed by atoms with van der Waals surface area (Å²) in [4.78, 5) is 0. The fourth-order valence-corrected chi connectivity index (χ4v) is 1.86. The molecule has 0 aliphatic heterocycles. The maximum atomic E-state index is 8.50. The SMILES string of the molecule is CC(CNCC1(C(C)C)CC1)C(N)=NO. The Hall–Kier alpha value is -0.770. The van der Waals surface area contributed by atoms with Gasteiger partial charge in [0.2, 0.25) is 0 Å². The van der Waals surface area contributed by atoms with E-state index in [0.717, 1.165) is 19.0 Å². The van der Waals surface area contributed by atoms with Gasteiger partial charge in [0.1, 0.15) is 5.84 Å². The Labute approximate surface area is 91.9 Å². The zero-order chi connectivity index (χ0) is 11.5. The van der Waals surface area contributed by atoms with E-state index in [1.165, 1.54) is 12.8 Å². The Morgan fingerprint density at radius 2 is 2.07 bits per heavy atom. The first-order valence-electron chi connectivity index (χ1n) is 5.70. The molecule has 1 aliphatic carbocycles. The van der Waals surface area contributed by atoms with E-state index in [4.69, 9.17) is 10.9 Å². The van der Waals surface area contributed by atoms with Gasteiger partial charge in [-0.15, -0.1) is 0 Å². The smallest absolute Gasteiger partial charge is 0.143 e. The minimum absolute atomic E-state index is 0.0953. The van der Waals surface area contributed by atoms with Gasteiger partial charge in [-0.1, -0.05) is 25.9 Å². The Bertz CT molecular complexity index is 234. The summed E-state index contributed by atoms with van der Waals surface area (Å²) in [6.07, 6.45) is 2.66. The van der Waals surface area contributed by atoms with Crippen molar-refractivity contribution in [3.63, 3.8) is 0 Å². The van der Waals surface area contributed by atoms with Crippen LogP contribution in [0, 0.1) is 17.3 Å². The molecule has 0 amide bonds. The van der Waals surface area contributed by atoms with Crippen molar-refractivity contribution >= 4 is 5.84 Å². The number of nitrogens with one attached hydrogen (secondary N) is 1. The van der Waals surface area contributed by atoms with Crippen molar-refractivity contribution in [2.24, 2.45) is 28.1 Å². The molecule has 0 bridgehead atoms. The van der Waals surface area contributed by atoms with Crippen LogP contribution in [0.25, 0.3) is 0 Å². The van der Waals surface area contributed by atoms with Crippen molar-refractivity contribution in [3.8, 4) is 0 Å². The van der Waals surface area contributed by atoms with Gasteiger partial charge < -0.3 is 16.3 Å². The molecule has 1 unspecified atom stereocenters. The number of amidine groups is 1. The van der Waals surface area contributed by atoms with Gasteiger partial charge in [-0.25, -0.2) is 0 Å². The lowest BCUT2D eigenvalue weighted by Crippen LogP contribution is -2.35. The highest BCUT2D eigenvalue weighted by molar-refractivity contribution is 5.82. The van der Waals surface area contributed by atoms with Crippen LogP contribution in [0.5, 0.6) is 0 Å². The van der Waals surface area contributed by atoms with Gasteiger partial charge in [0.25, 0.3) is 0 Å². The van der Waals surface area contributed by atoms with Crippen LogP contribution < -0.4 is 11.1 Å². The molecule has 1 aliphatic rings. The lowest BCUT2D eigenvalue weighted by atomic mass is 9.92. The molecule has 4 heteroatoms. The highest BCUT2D eigenvalue weighted by atomic mass is 16.4. The Balaban J connectivity index is 2.22. The molecular formula is C11H23N3O. The van der Waals surface area contributed by atoms with E-state index >= 15 is 0 Å². The van der Waals surface area contributed by atoms with Crippen LogP contribution in [0.4, 0.5) is 0 Å². The Morgan fingerprint density at radius 1 is 1.47 bits per heavy atom. The molecule has 1 saturated carbocycles. The minimum atomic E-state index is 0.0953. The lowest BCUT2D eigenvalue weighted by molar-refractivity contribution is 0.311. The lowest BCUT2D eigenvalue weighted by Gasteiger charge is -2.21. The number of hydrogen-bond acceptors (Lipinski definition) is 3. The van der Waals surface area contributed by atoms with Gasteiger partial charge in [0.05, 0.1) is 0 Å². The van der Waals surface area contributed by atoms with Crippen molar-refractivity contribution in [2.45, 2.75) is 33.6 Å². The number of nitrogens with zero attached hydrogens (tertiary/aromatic N) is 1. The Kier molecular flexibility index (Phi) is 3.97. The molecule has 0 aromatic carbocycles. The molecule has 0 aromatic rings. The molecule has 0 heterocycles. The molecule has 0 radical (unpaired) electrons. The third-order valence-corrected chi connectivity index (χ3v) is 3.66. The summed E-state index contributed by atoms with van der Waals surface area (Å²) >= 11 is 0. The highest BCUT2D eigenvalue weighted by Crippen LogP contribution is 2.51. The van der Waals surface area contributed by atoms with E-state index in [-0.39, 0.29) is 5.92 Å². The number of hydrogen-bond donors (Lipinski definition) is 3. The number of oxime groups is 1. The van der Waals surface area contributed by atoms with E-state index in [1.54, 1.807) is 0 Å². The van der Waals surface area contributed by atoms with Gasteiger partial charge in [0, 0.05) is 19.0 Å². The van der Waals surface area contributed by atoms with Gasteiger partial charge in [-0.3, -0.25) is 0 Å². The molecule has 4 N–H and O–H groups in total. The van der Waals surface area contributed by atoms with Crippen molar-refractivity contribution in [2.75, 3.05) is 13.1 Å². The molecule has 88 valence electrons.